The Morgan fingerprint density at radius 3 is 2.44 bits per heavy atom. The molecule has 0 spiro atoms. The molecular weight excluding hydrogens is 342 g/mol. The molecule has 1 amide bonds. The number of carbonyl (C=O) groups excluding carboxylic acids is 2. The van der Waals surface area contributed by atoms with E-state index in [1.807, 2.05) is 24.3 Å². The van der Waals surface area contributed by atoms with E-state index in [1.165, 1.54) is 7.11 Å². The van der Waals surface area contributed by atoms with Crippen LogP contribution in [-0.2, 0) is 6.54 Å². The van der Waals surface area contributed by atoms with Crippen molar-refractivity contribution in [3.8, 4) is 11.5 Å². The predicted molar refractivity (Wildman–Crippen MR) is 101 cm³/mol. The molecular formula is C22H17NO4. The van der Waals surface area contributed by atoms with Gasteiger partial charge in [-0.25, -0.2) is 4.79 Å². The number of ether oxygens (including phenoxy) is 2. The van der Waals surface area contributed by atoms with Crippen molar-refractivity contribution in [3.05, 3.63) is 89.5 Å². The molecule has 0 saturated heterocycles. The normalized spacial score (nSPS) is 12.6. The minimum absolute atomic E-state index is 0.118. The van der Waals surface area contributed by atoms with Crippen LogP contribution < -0.4 is 14.4 Å². The Morgan fingerprint density at radius 2 is 1.70 bits per heavy atom. The van der Waals surface area contributed by atoms with E-state index in [2.05, 4.69) is 0 Å². The first kappa shape index (κ1) is 16.8. The first-order chi connectivity index (χ1) is 13.2. The van der Waals surface area contributed by atoms with Gasteiger partial charge >= 0.3 is 5.97 Å². The third-order valence-electron chi connectivity index (χ3n) is 4.49. The largest absolute Gasteiger partial charge is 0.497 e. The topological polar surface area (TPSA) is 55.8 Å². The van der Waals surface area contributed by atoms with E-state index in [0.29, 0.717) is 29.1 Å². The maximum absolute atomic E-state index is 12.8. The minimum atomic E-state index is -0.491. The van der Waals surface area contributed by atoms with Gasteiger partial charge in [-0.05, 0) is 35.9 Å². The van der Waals surface area contributed by atoms with Crippen LogP contribution in [0.2, 0.25) is 0 Å². The van der Waals surface area contributed by atoms with E-state index in [-0.39, 0.29) is 11.7 Å². The minimum Gasteiger partial charge on any atom is -0.497 e. The molecule has 4 rings (SSSR count). The van der Waals surface area contributed by atoms with Crippen LogP contribution in [0.4, 0.5) is 5.69 Å². The Bertz CT molecular complexity index is 1010. The Balaban J connectivity index is 1.70. The number of amides is 1. The SMILES string of the molecule is COc1ccc(N2Cc3ccccc3C2=O)c(OC(=O)c2ccccc2)c1. The first-order valence-electron chi connectivity index (χ1n) is 8.52. The summed E-state index contributed by atoms with van der Waals surface area (Å²) in [5.41, 5.74) is 2.57. The van der Waals surface area contributed by atoms with Crippen molar-refractivity contribution in [1.82, 2.24) is 0 Å². The third kappa shape index (κ3) is 3.15. The lowest BCUT2D eigenvalue weighted by atomic mass is 10.1. The molecule has 0 unspecified atom stereocenters. The van der Waals surface area contributed by atoms with Crippen LogP contribution in [0.1, 0.15) is 26.3 Å². The van der Waals surface area contributed by atoms with Gasteiger partial charge in [0.25, 0.3) is 5.91 Å². The molecule has 0 N–H and O–H groups in total. The molecule has 134 valence electrons. The van der Waals surface area contributed by atoms with Gasteiger partial charge in [-0.1, -0.05) is 36.4 Å². The van der Waals surface area contributed by atoms with Gasteiger partial charge in [-0.15, -0.1) is 0 Å². The maximum atomic E-state index is 12.8. The zero-order chi connectivity index (χ0) is 18.8. The molecule has 1 aliphatic heterocycles. The van der Waals surface area contributed by atoms with Gasteiger partial charge < -0.3 is 14.4 Å². The van der Waals surface area contributed by atoms with E-state index in [0.717, 1.165) is 5.56 Å². The molecule has 0 aromatic heterocycles. The number of methoxy groups -OCH3 is 1. The molecule has 0 aliphatic carbocycles. The molecule has 1 aliphatic rings. The van der Waals surface area contributed by atoms with Gasteiger partial charge in [0, 0.05) is 11.6 Å². The summed E-state index contributed by atoms with van der Waals surface area (Å²) in [6, 6.07) is 21.3. The lowest BCUT2D eigenvalue weighted by Gasteiger charge is -2.20. The molecule has 0 fully saturated rings. The highest BCUT2D eigenvalue weighted by Crippen LogP contribution is 2.37. The second-order valence-corrected chi connectivity index (χ2v) is 6.14. The molecule has 0 atom stereocenters. The fraction of sp³-hybridized carbons (Fsp3) is 0.0909. The Kier molecular flexibility index (Phi) is 4.34. The van der Waals surface area contributed by atoms with Crippen LogP contribution in [0.3, 0.4) is 0 Å². The number of hydrogen-bond acceptors (Lipinski definition) is 4. The Morgan fingerprint density at radius 1 is 0.963 bits per heavy atom. The van der Waals surface area contributed by atoms with Gasteiger partial charge in [0.05, 0.1) is 24.9 Å². The number of anilines is 1. The zero-order valence-corrected chi connectivity index (χ0v) is 14.7. The van der Waals surface area contributed by atoms with Crippen LogP contribution >= 0.6 is 0 Å². The van der Waals surface area contributed by atoms with Gasteiger partial charge in [0.1, 0.15) is 5.75 Å². The molecule has 5 nitrogen and oxygen atoms in total. The Hall–Kier alpha value is -3.60. The number of esters is 1. The number of hydrogen-bond donors (Lipinski definition) is 0. The van der Waals surface area contributed by atoms with Crippen molar-refractivity contribution in [3.63, 3.8) is 0 Å². The molecule has 3 aromatic rings. The Labute approximate surface area is 156 Å². The summed E-state index contributed by atoms with van der Waals surface area (Å²) in [6.45, 7) is 0.428. The summed E-state index contributed by atoms with van der Waals surface area (Å²) >= 11 is 0. The highest BCUT2D eigenvalue weighted by Gasteiger charge is 2.30. The summed E-state index contributed by atoms with van der Waals surface area (Å²) in [5, 5.41) is 0. The molecule has 3 aromatic carbocycles. The van der Waals surface area contributed by atoms with Crippen LogP contribution in [-0.4, -0.2) is 19.0 Å². The molecule has 5 heteroatoms. The summed E-state index contributed by atoms with van der Waals surface area (Å²) in [7, 11) is 1.54. The van der Waals surface area contributed by atoms with Crippen LogP contribution in [0.15, 0.2) is 72.8 Å². The monoisotopic (exact) mass is 359 g/mol. The zero-order valence-electron chi connectivity index (χ0n) is 14.7. The smallest absolute Gasteiger partial charge is 0.343 e. The second kappa shape index (κ2) is 6.96. The molecule has 0 bridgehead atoms. The number of benzene rings is 3. The van der Waals surface area contributed by atoms with Gasteiger partial charge in [0.2, 0.25) is 0 Å². The number of fused-ring (bicyclic) bond motifs is 1. The fourth-order valence-electron chi connectivity index (χ4n) is 3.11. The average Bonchev–Trinajstić information content (AvgIpc) is 3.05. The van der Waals surface area contributed by atoms with Crippen molar-refractivity contribution in [2.45, 2.75) is 6.54 Å². The van der Waals surface area contributed by atoms with Crippen LogP contribution in [0, 0.1) is 0 Å². The van der Waals surface area contributed by atoms with Crippen LogP contribution in [0.5, 0.6) is 11.5 Å². The molecule has 1 heterocycles. The maximum Gasteiger partial charge on any atom is 0.343 e. The number of nitrogens with zero attached hydrogens (tertiary/aromatic N) is 1. The van der Waals surface area contributed by atoms with E-state index in [9.17, 15) is 9.59 Å². The van der Waals surface area contributed by atoms with Gasteiger partial charge in [-0.3, -0.25) is 4.79 Å². The molecule has 0 radical (unpaired) electrons. The highest BCUT2D eigenvalue weighted by molar-refractivity contribution is 6.11. The quantitative estimate of drug-likeness (QED) is 0.520. The summed E-state index contributed by atoms with van der Waals surface area (Å²) in [4.78, 5) is 26.9. The second-order valence-electron chi connectivity index (χ2n) is 6.14. The molecule has 27 heavy (non-hydrogen) atoms. The van der Waals surface area contributed by atoms with Crippen molar-refractivity contribution < 1.29 is 19.1 Å². The van der Waals surface area contributed by atoms with Crippen molar-refractivity contribution >= 4 is 17.6 Å². The summed E-state index contributed by atoms with van der Waals surface area (Å²) in [6.07, 6.45) is 0. The predicted octanol–water partition coefficient (Wildman–Crippen LogP) is 4.07. The van der Waals surface area contributed by atoms with Crippen molar-refractivity contribution in [2.75, 3.05) is 12.0 Å². The standard InChI is InChI=1S/C22H17NO4/c1-26-17-11-12-19(23-14-16-9-5-6-10-18(16)21(23)24)20(13-17)27-22(25)15-7-3-2-4-8-15/h2-13H,14H2,1H3. The van der Waals surface area contributed by atoms with E-state index < -0.39 is 5.97 Å². The lowest BCUT2D eigenvalue weighted by molar-refractivity contribution is 0.0733. The molecule has 0 saturated carbocycles. The van der Waals surface area contributed by atoms with Gasteiger partial charge in [-0.2, -0.15) is 0 Å². The van der Waals surface area contributed by atoms with E-state index in [1.54, 1.807) is 53.4 Å². The summed E-state index contributed by atoms with van der Waals surface area (Å²) in [5.74, 6) is 0.213. The van der Waals surface area contributed by atoms with E-state index >= 15 is 0 Å². The lowest BCUT2D eigenvalue weighted by Crippen LogP contribution is -2.24. The average molecular weight is 359 g/mol. The highest BCUT2D eigenvalue weighted by atomic mass is 16.5. The van der Waals surface area contributed by atoms with Gasteiger partial charge in [0.15, 0.2) is 5.75 Å². The first-order valence-corrected chi connectivity index (χ1v) is 8.52. The third-order valence-corrected chi connectivity index (χ3v) is 4.49. The number of carbonyl (C=O) groups is 2. The summed E-state index contributed by atoms with van der Waals surface area (Å²) < 4.78 is 10.9. The van der Waals surface area contributed by atoms with E-state index in [4.69, 9.17) is 9.47 Å². The fourth-order valence-corrected chi connectivity index (χ4v) is 3.11. The van der Waals surface area contributed by atoms with Crippen LogP contribution in [0.25, 0.3) is 0 Å². The number of rotatable bonds is 4. The van der Waals surface area contributed by atoms with Crippen molar-refractivity contribution in [1.29, 1.82) is 0 Å². The van der Waals surface area contributed by atoms with Crippen molar-refractivity contribution in [2.24, 2.45) is 0 Å².